The Bertz CT molecular complexity index is 1010. The van der Waals surface area contributed by atoms with Gasteiger partial charge in [-0.05, 0) is 30.4 Å². The molecular weight excluding hydrogens is 447 g/mol. The van der Waals surface area contributed by atoms with Crippen LogP contribution in [0.3, 0.4) is 0 Å². The fraction of sp³-hybridized carbons (Fsp3) is 0.368. The normalized spacial score (nSPS) is 15.5. The number of halogens is 2. The van der Waals surface area contributed by atoms with Crippen LogP contribution in [0.5, 0.6) is 0 Å². The summed E-state index contributed by atoms with van der Waals surface area (Å²) in [5.41, 5.74) is 6.16. The zero-order chi connectivity index (χ0) is 21.9. The van der Waals surface area contributed by atoms with Crippen LogP contribution in [-0.4, -0.2) is 40.8 Å². The molecule has 0 spiro atoms. The third kappa shape index (κ3) is 5.01. The van der Waals surface area contributed by atoms with Crippen LogP contribution in [0.25, 0.3) is 0 Å². The molecule has 158 valence electrons. The number of carbonyl (C=O) groups is 1. The molecule has 1 aliphatic rings. The molecule has 0 aliphatic carbocycles. The molecule has 1 aliphatic heterocycles. The van der Waals surface area contributed by atoms with Gasteiger partial charge in [0.15, 0.2) is 17.3 Å². The second-order valence-corrected chi connectivity index (χ2v) is 9.12. The van der Waals surface area contributed by atoms with E-state index in [1.807, 2.05) is 11.8 Å². The molecule has 1 fully saturated rings. The maximum Gasteiger partial charge on any atom is 0.404 e. The van der Waals surface area contributed by atoms with Gasteiger partial charge < -0.3 is 21.1 Å². The number of aromatic nitrogens is 2. The molecule has 1 saturated heterocycles. The number of hydrogen-bond donors (Lipinski definition) is 3. The van der Waals surface area contributed by atoms with Crippen molar-refractivity contribution in [2.24, 2.45) is 5.41 Å². The van der Waals surface area contributed by atoms with Crippen LogP contribution in [0.1, 0.15) is 25.5 Å². The van der Waals surface area contributed by atoms with Crippen LogP contribution in [0.2, 0.25) is 10.0 Å². The van der Waals surface area contributed by atoms with Crippen molar-refractivity contribution in [3.05, 3.63) is 33.9 Å². The highest BCUT2D eigenvalue weighted by molar-refractivity contribution is 7.99. The van der Waals surface area contributed by atoms with E-state index in [4.69, 9.17) is 34.0 Å². The van der Waals surface area contributed by atoms with Crippen molar-refractivity contribution < 1.29 is 9.90 Å². The highest BCUT2D eigenvalue weighted by atomic mass is 35.5. The van der Waals surface area contributed by atoms with E-state index in [0.717, 1.165) is 12.8 Å². The summed E-state index contributed by atoms with van der Waals surface area (Å²) in [5.74, 6) is 0.635. The summed E-state index contributed by atoms with van der Waals surface area (Å²) in [6.45, 7) is 3.66. The smallest absolute Gasteiger partial charge is 0.404 e. The third-order valence-electron chi connectivity index (χ3n) is 5.04. The largest absolute Gasteiger partial charge is 0.465 e. The van der Waals surface area contributed by atoms with Crippen molar-refractivity contribution in [2.45, 2.75) is 29.7 Å². The third-order valence-corrected chi connectivity index (χ3v) is 7.02. The molecule has 1 aromatic carbocycles. The van der Waals surface area contributed by atoms with E-state index in [2.05, 4.69) is 21.4 Å². The molecular formula is C19H20Cl2N6O2S. The SMILES string of the molecule is CC1(CNC(=O)O)CCN(c2nc(N)c(Sc3cccc(Cl)c3Cl)nc2C#N)CC1. The number of hydrogen-bond acceptors (Lipinski definition) is 7. The molecule has 0 saturated carbocycles. The quantitative estimate of drug-likeness (QED) is 0.595. The van der Waals surface area contributed by atoms with Crippen molar-refractivity contribution >= 4 is 52.7 Å². The number of anilines is 2. The Morgan fingerprint density at radius 1 is 1.40 bits per heavy atom. The lowest BCUT2D eigenvalue weighted by atomic mass is 9.80. The number of carboxylic acid groups (broad SMARTS) is 1. The molecule has 8 nitrogen and oxygen atoms in total. The summed E-state index contributed by atoms with van der Waals surface area (Å²) >= 11 is 13.5. The number of benzene rings is 1. The van der Waals surface area contributed by atoms with Crippen LogP contribution in [0, 0.1) is 16.7 Å². The lowest BCUT2D eigenvalue weighted by Gasteiger charge is -2.39. The van der Waals surface area contributed by atoms with Crippen LogP contribution in [0.15, 0.2) is 28.1 Å². The number of nitrogens with one attached hydrogen (secondary N) is 1. The van der Waals surface area contributed by atoms with Crippen LogP contribution in [-0.2, 0) is 0 Å². The first-order chi connectivity index (χ1) is 14.2. The van der Waals surface area contributed by atoms with Crippen LogP contribution >= 0.6 is 35.0 Å². The molecule has 0 bridgehead atoms. The van der Waals surface area contributed by atoms with Gasteiger partial charge >= 0.3 is 6.09 Å². The Hall–Kier alpha value is -2.41. The minimum atomic E-state index is -1.03. The van der Waals surface area contributed by atoms with E-state index >= 15 is 0 Å². The van der Waals surface area contributed by atoms with Crippen molar-refractivity contribution in [2.75, 3.05) is 30.3 Å². The summed E-state index contributed by atoms with van der Waals surface area (Å²) in [5, 5.41) is 22.1. The number of nitrogens with zero attached hydrogens (tertiary/aromatic N) is 4. The molecule has 4 N–H and O–H groups in total. The lowest BCUT2D eigenvalue weighted by molar-refractivity contribution is 0.178. The van der Waals surface area contributed by atoms with E-state index in [-0.39, 0.29) is 16.9 Å². The Kier molecular flexibility index (Phi) is 6.81. The van der Waals surface area contributed by atoms with E-state index in [1.54, 1.807) is 18.2 Å². The first-order valence-electron chi connectivity index (χ1n) is 9.13. The predicted octanol–water partition coefficient (Wildman–Crippen LogP) is 4.26. The van der Waals surface area contributed by atoms with E-state index in [0.29, 0.717) is 45.4 Å². The van der Waals surface area contributed by atoms with Crippen molar-refractivity contribution in [1.82, 2.24) is 15.3 Å². The molecule has 0 atom stereocenters. The highest BCUT2D eigenvalue weighted by Gasteiger charge is 2.32. The van der Waals surface area contributed by atoms with Gasteiger partial charge in [-0.1, -0.05) is 48.0 Å². The van der Waals surface area contributed by atoms with Crippen LogP contribution in [0.4, 0.5) is 16.4 Å². The number of piperidine rings is 1. The number of nitriles is 1. The molecule has 11 heteroatoms. The van der Waals surface area contributed by atoms with Gasteiger partial charge in [-0.15, -0.1) is 0 Å². The first-order valence-corrected chi connectivity index (χ1v) is 10.7. The molecule has 1 amide bonds. The van der Waals surface area contributed by atoms with Crippen LogP contribution < -0.4 is 16.0 Å². The average Bonchev–Trinajstić information content (AvgIpc) is 2.72. The summed E-state index contributed by atoms with van der Waals surface area (Å²) in [6, 6.07) is 7.34. The average molecular weight is 467 g/mol. The Balaban J connectivity index is 1.79. The topological polar surface area (TPSA) is 128 Å². The summed E-state index contributed by atoms with van der Waals surface area (Å²) < 4.78 is 0. The van der Waals surface area contributed by atoms with E-state index < -0.39 is 6.09 Å². The van der Waals surface area contributed by atoms with Gasteiger partial charge in [-0.2, -0.15) is 5.26 Å². The first kappa shape index (κ1) is 22.3. The zero-order valence-electron chi connectivity index (χ0n) is 16.2. The molecule has 3 rings (SSSR count). The summed E-state index contributed by atoms with van der Waals surface area (Å²) in [7, 11) is 0. The maximum atomic E-state index is 10.8. The number of nitrogen functional groups attached to an aromatic ring is 1. The number of rotatable bonds is 5. The van der Waals surface area contributed by atoms with E-state index in [9.17, 15) is 10.1 Å². The van der Waals surface area contributed by atoms with E-state index in [1.165, 1.54) is 11.8 Å². The lowest BCUT2D eigenvalue weighted by Crippen LogP contribution is -2.45. The monoisotopic (exact) mass is 466 g/mol. The molecule has 2 heterocycles. The van der Waals surface area contributed by atoms with Crippen molar-refractivity contribution in [3.63, 3.8) is 0 Å². The fourth-order valence-corrected chi connectivity index (χ4v) is 4.50. The standard InChI is InChI=1S/C19H20Cl2N6O2S/c1-19(10-24-18(28)29)5-7-27(8-6-19)16-12(9-22)25-17(15(23)26-16)30-13-4-2-3-11(20)14(13)21/h2-4,24H,5-8,10H2,1H3,(H2,23,26)(H,28,29). The zero-order valence-corrected chi connectivity index (χ0v) is 18.5. The molecule has 30 heavy (non-hydrogen) atoms. The predicted molar refractivity (Wildman–Crippen MR) is 117 cm³/mol. The second kappa shape index (κ2) is 9.16. The molecule has 1 aromatic heterocycles. The van der Waals surface area contributed by atoms with Gasteiger partial charge in [-0.25, -0.2) is 14.8 Å². The fourth-order valence-electron chi connectivity index (χ4n) is 3.19. The molecule has 2 aromatic rings. The second-order valence-electron chi connectivity index (χ2n) is 7.31. The highest BCUT2D eigenvalue weighted by Crippen LogP contribution is 2.39. The Labute approximate surface area is 188 Å². The number of nitrogens with two attached hydrogens (primary N) is 1. The Morgan fingerprint density at radius 2 is 2.10 bits per heavy atom. The maximum absolute atomic E-state index is 10.8. The van der Waals surface area contributed by atoms with Crippen molar-refractivity contribution in [1.29, 1.82) is 5.26 Å². The molecule has 0 radical (unpaired) electrons. The van der Waals surface area contributed by atoms with Gasteiger partial charge in [-0.3, -0.25) is 0 Å². The minimum absolute atomic E-state index is 0.153. The van der Waals surface area contributed by atoms with Gasteiger partial charge in [0.2, 0.25) is 0 Å². The minimum Gasteiger partial charge on any atom is -0.465 e. The summed E-state index contributed by atoms with van der Waals surface area (Å²) in [4.78, 5) is 22.3. The molecule has 0 unspecified atom stereocenters. The Morgan fingerprint density at radius 3 is 2.73 bits per heavy atom. The van der Waals surface area contributed by atoms with Crippen molar-refractivity contribution in [3.8, 4) is 6.07 Å². The number of amides is 1. The van der Waals surface area contributed by atoms with Gasteiger partial charge in [0.05, 0.1) is 10.0 Å². The van der Waals surface area contributed by atoms with Gasteiger partial charge in [0.1, 0.15) is 11.1 Å². The van der Waals surface area contributed by atoms with Gasteiger partial charge in [0, 0.05) is 24.5 Å². The summed E-state index contributed by atoms with van der Waals surface area (Å²) in [6.07, 6.45) is 0.458. The van der Waals surface area contributed by atoms with Gasteiger partial charge in [0.25, 0.3) is 0 Å².